The van der Waals surface area contributed by atoms with Crippen LogP contribution in [0.5, 0.6) is 0 Å². The van der Waals surface area contributed by atoms with E-state index < -0.39 is 5.60 Å². The Morgan fingerprint density at radius 2 is 1.88 bits per heavy atom. The van der Waals surface area contributed by atoms with Crippen LogP contribution < -0.4 is 4.90 Å². The molecule has 4 rings (SSSR count). The number of allylic oxidation sites excluding steroid dienone is 1. The fourth-order valence-corrected chi connectivity index (χ4v) is 3.70. The molecule has 1 spiro atoms. The van der Waals surface area contributed by atoms with Crippen LogP contribution in [-0.4, -0.2) is 12.5 Å². The zero-order valence-corrected chi connectivity index (χ0v) is 14.7. The minimum absolute atomic E-state index is 0.0112. The molecule has 0 saturated heterocycles. The van der Waals surface area contributed by atoms with Gasteiger partial charge in [-0.2, -0.15) is 0 Å². The van der Waals surface area contributed by atoms with Gasteiger partial charge in [0.1, 0.15) is 5.76 Å². The van der Waals surface area contributed by atoms with E-state index in [1.807, 2.05) is 55.2 Å². The number of aryl methyl sites for hydroxylation is 2. The molecule has 3 heteroatoms. The Bertz CT molecular complexity index is 908. The Morgan fingerprint density at radius 1 is 1.12 bits per heavy atom. The highest BCUT2D eigenvalue weighted by Crippen LogP contribution is 2.49. The molecular formula is C22H21NO2. The van der Waals surface area contributed by atoms with E-state index >= 15 is 0 Å². The molecule has 0 aromatic heterocycles. The van der Waals surface area contributed by atoms with Crippen LogP contribution in [0.2, 0.25) is 0 Å². The molecular weight excluding hydrogens is 310 g/mol. The summed E-state index contributed by atoms with van der Waals surface area (Å²) in [6.07, 6.45) is 5.79. The zero-order chi connectivity index (χ0) is 17.6. The summed E-state index contributed by atoms with van der Waals surface area (Å²) in [6.45, 7) is 6.72. The van der Waals surface area contributed by atoms with Crippen molar-refractivity contribution in [3.63, 3.8) is 0 Å². The summed E-state index contributed by atoms with van der Waals surface area (Å²) in [7, 11) is 0. The summed E-state index contributed by atoms with van der Waals surface area (Å²) in [5.74, 6) is 0.701. The van der Waals surface area contributed by atoms with Crippen molar-refractivity contribution >= 4 is 17.7 Å². The number of ether oxygens (including phenoxy) is 1. The van der Waals surface area contributed by atoms with Gasteiger partial charge in [-0.3, -0.25) is 4.79 Å². The van der Waals surface area contributed by atoms with E-state index in [4.69, 9.17) is 4.74 Å². The minimum Gasteiger partial charge on any atom is -0.468 e. The van der Waals surface area contributed by atoms with Gasteiger partial charge < -0.3 is 9.64 Å². The van der Waals surface area contributed by atoms with E-state index in [0.29, 0.717) is 12.3 Å². The Labute approximate surface area is 148 Å². The first-order valence-electron chi connectivity index (χ1n) is 8.64. The highest BCUT2D eigenvalue weighted by atomic mass is 16.5. The molecule has 2 aromatic carbocycles. The largest absolute Gasteiger partial charge is 0.468 e. The molecule has 25 heavy (non-hydrogen) atoms. The Balaban J connectivity index is 1.76. The number of rotatable bonds is 2. The predicted octanol–water partition coefficient (Wildman–Crippen LogP) is 4.49. The summed E-state index contributed by atoms with van der Waals surface area (Å²) < 4.78 is 6.25. The van der Waals surface area contributed by atoms with Crippen molar-refractivity contribution in [2.75, 3.05) is 11.4 Å². The van der Waals surface area contributed by atoms with Gasteiger partial charge in [0.05, 0.1) is 5.69 Å². The number of benzene rings is 2. The Hall–Kier alpha value is -2.81. The van der Waals surface area contributed by atoms with E-state index in [1.54, 1.807) is 0 Å². The third-order valence-corrected chi connectivity index (χ3v) is 4.94. The van der Waals surface area contributed by atoms with E-state index in [0.717, 1.165) is 22.4 Å². The van der Waals surface area contributed by atoms with Gasteiger partial charge in [0, 0.05) is 12.1 Å². The summed E-state index contributed by atoms with van der Waals surface area (Å²) in [6, 6.07) is 14.3. The fourth-order valence-electron chi connectivity index (χ4n) is 3.70. The number of fused-ring (bicyclic) bond motifs is 2. The molecule has 0 aliphatic carbocycles. The van der Waals surface area contributed by atoms with Crippen LogP contribution in [0.1, 0.15) is 29.2 Å². The van der Waals surface area contributed by atoms with Crippen LogP contribution in [0.4, 0.5) is 5.69 Å². The van der Waals surface area contributed by atoms with Gasteiger partial charge in [0.2, 0.25) is 5.60 Å². The third-order valence-electron chi connectivity index (χ3n) is 4.94. The molecule has 2 aromatic rings. The number of nitrogens with zero attached hydrogens (tertiary/aromatic N) is 1. The zero-order valence-electron chi connectivity index (χ0n) is 14.7. The maximum absolute atomic E-state index is 13.1. The quantitative estimate of drug-likeness (QED) is 0.811. The van der Waals surface area contributed by atoms with Crippen LogP contribution >= 0.6 is 0 Å². The molecule has 0 radical (unpaired) electrons. The molecule has 3 nitrogen and oxygen atoms in total. The van der Waals surface area contributed by atoms with Crippen LogP contribution in [-0.2, 0) is 15.1 Å². The van der Waals surface area contributed by atoms with E-state index in [-0.39, 0.29) is 5.91 Å². The smallest absolute Gasteiger partial charge is 0.280 e. The molecule has 0 bridgehead atoms. The van der Waals surface area contributed by atoms with Crippen molar-refractivity contribution in [1.29, 1.82) is 0 Å². The van der Waals surface area contributed by atoms with Crippen molar-refractivity contribution in [2.24, 2.45) is 0 Å². The maximum Gasteiger partial charge on any atom is 0.280 e. The molecule has 0 N–H and O–H groups in total. The number of likely N-dealkylation sites (N-methyl/N-ethyl adjacent to an activating group) is 1. The van der Waals surface area contributed by atoms with Gasteiger partial charge in [-0.25, -0.2) is 0 Å². The lowest BCUT2D eigenvalue weighted by atomic mass is 9.92. The average molecular weight is 331 g/mol. The summed E-state index contributed by atoms with van der Waals surface area (Å²) in [5.41, 5.74) is 4.25. The monoisotopic (exact) mass is 331 g/mol. The van der Waals surface area contributed by atoms with Crippen LogP contribution in [0.25, 0.3) is 6.08 Å². The fraction of sp³-hybridized carbons (Fsp3) is 0.227. The van der Waals surface area contributed by atoms with Crippen molar-refractivity contribution in [1.82, 2.24) is 0 Å². The molecule has 2 heterocycles. The number of anilines is 1. The van der Waals surface area contributed by atoms with Gasteiger partial charge in [0.15, 0.2) is 0 Å². The SMILES string of the molecule is CCN1C(=O)C2(C=C/C(=C/c3ccc(C)cc3)O2)c2c(C)cccc21. The predicted molar refractivity (Wildman–Crippen MR) is 100 cm³/mol. The van der Waals surface area contributed by atoms with Gasteiger partial charge in [-0.15, -0.1) is 0 Å². The van der Waals surface area contributed by atoms with Gasteiger partial charge in [0.25, 0.3) is 5.91 Å². The molecule has 1 atom stereocenters. The lowest BCUT2D eigenvalue weighted by Gasteiger charge is -2.23. The number of carbonyl (C=O) groups excluding carboxylic acids is 1. The Morgan fingerprint density at radius 3 is 2.60 bits per heavy atom. The van der Waals surface area contributed by atoms with Gasteiger partial charge in [-0.05, 0) is 56.2 Å². The second kappa shape index (κ2) is 5.62. The summed E-state index contributed by atoms with van der Waals surface area (Å²) in [4.78, 5) is 14.9. The first kappa shape index (κ1) is 15.7. The highest BCUT2D eigenvalue weighted by molar-refractivity contribution is 6.09. The Kier molecular flexibility index (Phi) is 3.53. The standard InChI is InChI=1S/C22H21NO2/c1-4-23-19-7-5-6-16(3)20(19)22(21(23)24)13-12-18(25-22)14-17-10-8-15(2)9-11-17/h5-14H,4H2,1-3H3/b18-14-. The number of amides is 1. The highest BCUT2D eigenvalue weighted by Gasteiger charge is 2.54. The summed E-state index contributed by atoms with van der Waals surface area (Å²) in [5, 5.41) is 0. The number of carbonyl (C=O) groups is 1. The van der Waals surface area contributed by atoms with Gasteiger partial charge in [-0.1, -0.05) is 42.0 Å². The summed E-state index contributed by atoms with van der Waals surface area (Å²) >= 11 is 0. The first-order valence-corrected chi connectivity index (χ1v) is 8.64. The average Bonchev–Trinajstić information content (AvgIpc) is 3.11. The van der Waals surface area contributed by atoms with E-state index in [2.05, 4.69) is 31.2 Å². The minimum atomic E-state index is -1.02. The lowest BCUT2D eigenvalue weighted by Crippen LogP contribution is -2.39. The molecule has 0 fully saturated rings. The van der Waals surface area contributed by atoms with Crippen molar-refractivity contribution < 1.29 is 9.53 Å². The molecule has 1 amide bonds. The lowest BCUT2D eigenvalue weighted by molar-refractivity contribution is -0.131. The number of hydrogen-bond acceptors (Lipinski definition) is 2. The maximum atomic E-state index is 13.1. The topological polar surface area (TPSA) is 29.5 Å². The van der Waals surface area contributed by atoms with Crippen molar-refractivity contribution in [3.8, 4) is 0 Å². The van der Waals surface area contributed by atoms with Crippen LogP contribution in [0.15, 0.2) is 60.4 Å². The molecule has 2 aliphatic rings. The first-order chi connectivity index (χ1) is 12.0. The molecule has 2 aliphatic heterocycles. The van der Waals surface area contributed by atoms with Crippen molar-refractivity contribution in [2.45, 2.75) is 26.4 Å². The molecule has 0 saturated carbocycles. The van der Waals surface area contributed by atoms with E-state index in [9.17, 15) is 4.79 Å². The number of hydrogen-bond donors (Lipinski definition) is 0. The molecule has 126 valence electrons. The van der Waals surface area contributed by atoms with Crippen LogP contribution in [0.3, 0.4) is 0 Å². The second-order valence-electron chi connectivity index (χ2n) is 6.65. The van der Waals surface area contributed by atoms with Gasteiger partial charge >= 0.3 is 0 Å². The second-order valence-corrected chi connectivity index (χ2v) is 6.65. The normalized spacial score (nSPS) is 22.8. The van der Waals surface area contributed by atoms with Crippen molar-refractivity contribution in [3.05, 3.63) is 82.6 Å². The van der Waals surface area contributed by atoms with Crippen LogP contribution in [0, 0.1) is 13.8 Å². The van der Waals surface area contributed by atoms with E-state index in [1.165, 1.54) is 5.56 Å². The third kappa shape index (κ3) is 2.30. The molecule has 1 unspecified atom stereocenters.